The van der Waals surface area contributed by atoms with Crippen LogP contribution in [-0.2, 0) is 39.3 Å². The highest BCUT2D eigenvalue weighted by atomic mass is 31.2. The molecule has 0 bridgehead atoms. The number of nitrogens with one attached hydrogen (secondary N) is 1. The molecule has 308 valence electrons. The molecule has 1 heterocycles. The van der Waals surface area contributed by atoms with E-state index >= 15 is 0 Å². The Morgan fingerprint density at radius 2 is 1.58 bits per heavy atom. The number of benzene rings is 2. The maximum Gasteiger partial charge on any atom is 0.306 e. The smallest absolute Gasteiger partial charge is 0.306 e. The molecule has 1 aliphatic carbocycles. The van der Waals surface area contributed by atoms with Gasteiger partial charge in [-0.25, -0.2) is 11.2 Å². The van der Waals surface area contributed by atoms with Crippen molar-refractivity contribution in [2.45, 2.75) is 154 Å². The first kappa shape index (κ1) is 46.4. The quantitative estimate of drug-likeness (QED) is 0.0267. The number of hydrogen-bond donors (Lipinski definition) is 1. The van der Waals surface area contributed by atoms with Gasteiger partial charge in [0.1, 0.15) is 32.8 Å². The summed E-state index contributed by atoms with van der Waals surface area (Å²) in [7, 11) is 4.95. The molecule has 6 atom stereocenters. The summed E-state index contributed by atoms with van der Waals surface area (Å²) in [6.45, 7) is 19.4. The minimum absolute atomic E-state index is 0.0716. The molecule has 12 heteroatoms. The molecule has 1 amide bonds. The molecule has 2 aromatic rings. The van der Waals surface area contributed by atoms with E-state index in [0.29, 0.717) is 39.0 Å². The number of carbonyl (C=O) groups is 2. The zero-order valence-electron chi connectivity index (χ0n) is 34.8. The summed E-state index contributed by atoms with van der Waals surface area (Å²) in [6.07, 6.45) is 7.82. The van der Waals surface area contributed by atoms with Crippen LogP contribution in [0, 0.1) is 18.4 Å². The van der Waals surface area contributed by atoms with E-state index in [2.05, 4.69) is 61.3 Å². The van der Waals surface area contributed by atoms with Crippen LogP contribution in [0.25, 0.3) is 4.85 Å². The molecule has 1 aliphatic heterocycles. The molecule has 2 aromatic carbocycles. The van der Waals surface area contributed by atoms with Gasteiger partial charge >= 0.3 is 5.97 Å². The molecular formula is C45H63BN3O7P. The van der Waals surface area contributed by atoms with E-state index in [0.717, 1.165) is 80.0 Å². The summed E-state index contributed by atoms with van der Waals surface area (Å²) in [4.78, 5) is 28.8. The van der Waals surface area contributed by atoms with E-state index in [-0.39, 0.29) is 48.8 Å². The summed E-state index contributed by atoms with van der Waals surface area (Å²) >= 11 is 0. The molecule has 1 fully saturated rings. The van der Waals surface area contributed by atoms with Gasteiger partial charge in [0.15, 0.2) is 0 Å². The van der Waals surface area contributed by atoms with Crippen molar-refractivity contribution >= 4 is 28.2 Å². The van der Waals surface area contributed by atoms with Crippen LogP contribution in [0.2, 0.25) is 0 Å². The molecule has 1 saturated heterocycles. The van der Waals surface area contributed by atoms with Crippen LogP contribution in [0.5, 0.6) is 0 Å². The number of esters is 1. The molecule has 1 N–H and O–H groups in total. The van der Waals surface area contributed by atoms with Crippen LogP contribution in [0.15, 0.2) is 48.5 Å². The average molecular weight is 800 g/mol. The summed E-state index contributed by atoms with van der Waals surface area (Å²) < 4.78 is 33.4. The maximum absolute atomic E-state index is 12.9. The molecule has 10 nitrogen and oxygen atoms in total. The van der Waals surface area contributed by atoms with E-state index < -0.39 is 20.6 Å². The van der Waals surface area contributed by atoms with Gasteiger partial charge < -0.3 is 33.4 Å². The number of carbonyl (C=O) groups excluding carboxylic acids is 2. The molecule has 57 heavy (non-hydrogen) atoms. The molecule has 3 unspecified atom stereocenters. The first-order valence-corrected chi connectivity index (χ1v) is 22.1. The van der Waals surface area contributed by atoms with E-state index in [1.165, 1.54) is 0 Å². The fraction of sp³-hybridized carbons (Fsp3) is 0.622. The van der Waals surface area contributed by atoms with Crippen molar-refractivity contribution in [3.8, 4) is 11.8 Å². The lowest BCUT2D eigenvalue weighted by atomic mass is 9.92. The van der Waals surface area contributed by atoms with Gasteiger partial charge in [0.25, 0.3) is 8.53 Å². The van der Waals surface area contributed by atoms with Crippen molar-refractivity contribution in [2.75, 3.05) is 26.3 Å². The second-order valence-corrected chi connectivity index (χ2v) is 16.7. The van der Waals surface area contributed by atoms with Gasteiger partial charge in [-0.05, 0) is 77.5 Å². The van der Waals surface area contributed by atoms with Crippen molar-refractivity contribution in [3.05, 3.63) is 82.2 Å². The minimum Gasteiger partial charge on any atom is -0.457 e. The third kappa shape index (κ3) is 15.1. The monoisotopic (exact) mass is 799 g/mol. The van der Waals surface area contributed by atoms with Gasteiger partial charge in [0, 0.05) is 67.2 Å². The second kappa shape index (κ2) is 25.3. The minimum atomic E-state index is -1.44. The Balaban J connectivity index is 1.06. The third-order valence-corrected chi connectivity index (χ3v) is 12.3. The van der Waals surface area contributed by atoms with Crippen molar-refractivity contribution in [1.82, 2.24) is 9.99 Å². The summed E-state index contributed by atoms with van der Waals surface area (Å²) in [5.74, 6) is 6.40. The largest absolute Gasteiger partial charge is 0.457 e. The van der Waals surface area contributed by atoms with Gasteiger partial charge in [-0.15, -0.1) is 0 Å². The first-order valence-electron chi connectivity index (χ1n) is 21.0. The summed E-state index contributed by atoms with van der Waals surface area (Å²) in [5, 5.41) is 3.05. The van der Waals surface area contributed by atoms with Gasteiger partial charge in [0.2, 0.25) is 12.5 Å². The number of hydrogen-bond acceptors (Lipinski definition) is 8. The number of ether oxygens (including phenoxy) is 3. The Morgan fingerprint density at radius 3 is 2.32 bits per heavy atom. The fourth-order valence-electron chi connectivity index (χ4n) is 7.30. The lowest BCUT2D eigenvalue weighted by Crippen LogP contribution is -2.40. The van der Waals surface area contributed by atoms with Gasteiger partial charge in [0.05, 0.1) is 6.10 Å². The lowest BCUT2D eigenvalue weighted by Gasteiger charge is -2.38. The second-order valence-electron chi connectivity index (χ2n) is 15.3. The van der Waals surface area contributed by atoms with Gasteiger partial charge in [-0.1, -0.05) is 80.8 Å². The normalized spacial score (nSPS) is 20.5. The van der Waals surface area contributed by atoms with Crippen LogP contribution in [0.4, 0.5) is 0 Å². The predicted molar refractivity (Wildman–Crippen MR) is 226 cm³/mol. The van der Waals surface area contributed by atoms with E-state index in [1.54, 1.807) is 0 Å². The first-order chi connectivity index (χ1) is 27.6. The number of fused-ring (bicyclic) bond motifs is 2. The highest BCUT2D eigenvalue weighted by Crippen LogP contribution is 2.49. The molecule has 2 radical (unpaired) electrons. The van der Waals surface area contributed by atoms with E-state index in [1.807, 2.05) is 48.5 Å². The highest BCUT2D eigenvalue weighted by molar-refractivity contribution is 7.44. The van der Waals surface area contributed by atoms with Gasteiger partial charge in [-0.2, -0.15) is 0 Å². The number of amides is 1. The number of unbranched alkanes of at least 4 members (excludes halogenated alkanes) is 6. The van der Waals surface area contributed by atoms with Crippen molar-refractivity contribution < 1.29 is 32.8 Å². The van der Waals surface area contributed by atoms with Crippen LogP contribution in [0.3, 0.4) is 0 Å². The van der Waals surface area contributed by atoms with Crippen molar-refractivity contribution in [3.63, 3.8) is 0 Å². The molecule has 4 rings (SSSR count). The standard InChI is InChI=1S/C45H63BN3O7P/c1-7-39-43(56-57(53-31-29-47-6)49(33(2)3)34(4)5)44(45(46)55-39)52-30-19-11-10-18-28-48-41(50)24-12-8-9-13-25-42(51)54-40-32-37-22-15-14-20-35(37)26-27-36-21-16-17-23-38(36)40/h14-17,20-23,33-34,39-40,43-45H,7-13,18-19,24-25,28-32H2,1-5H3,(H,48,50)/t39-,40?,43?,44+,45-,57?/m1/s1. The Hall–Kier alpha value is -3.28. The van der Waals surface area contributed by atoms with E-state index in [9.17, 15) is 9.59 Å². The molecule has 0 aromatic heterocycles. The van der Waals surface area contributed by atoms with Crippen LogP contribution >= 0.6 is 8.53 Å². The van der Waals surface area contributed by atoms with Crippen LogP contribution in [-0.4, -0.2) is 87.1 Å². The average Bonchev–Trinajstić information content (AvgIpc) is 3.48. The van der Waals surface area contributed by atoms with Crippen molar-refractivity contribution in [2.24, 2.45) is 0 Å². The summed E-state index contributed by atoms with van der Waals surface area (Å²) in [6, 6.07) is 15.7. The molecular weight excluding hydrogens is 736 g/mol. The maximum atomic E-state index is 12.9. The number of rotatable bonds is 25. The third-order valence-electron chi connectivity index (χ3n) is 10.2. The molecule has 0 spiro atoms. The molecule has 0 saturated carbocycles. The Bertz CT molecular complexity index is 1630. The number of nitrogens with zero attached hydrogens (tertiary/aromatic N) is 2. The zero-order chi connectivity index (χ0) is 41.0. The Morgan fingerprint density at radius 1 is 0.912 bits per heavy atom. The lowest BCUT2D eigenvalue weighted by molar-refractivity contribution is -0.149. The van der Waals surface area contributed by atoms with E-state index in [4.69, 9.17) is 37.7 Å². The van der Waals surface area contributed by atoms with Crippen molar-refractivity contribution in [1.29, 1.82) is 0 Å². The zero-order valence-corrected chi connectivity index (χ0v) is 35.6. The van der Waals surface area contributed by atoms with Crippen LogP contribution in [0.1, 0.15) is 134 Å². The fourth-order valence-corrected chi connectivity index (χ4v) is 9.06. The topological polar surface area (TPSA) is 99.9 Å². The Labute approximate surface area is 344 Å². The SMILES string of the molecule is [B][C@@H]1O[C@H](CC)C(OP(OCC[N+]#[C-])N(C(C)C)C(C)C)[C@@H]1OCCCCCCNC(=O)CCCCCCC(=O)OC1Cc2ccccc2C#Cc2ccccc21. The predicted octanol–water partition coefficient (Wildman–Crippen LogP) is 8.60. The summed E-state index contributed by atoms with van der Waals surface area (Å²) in [5.41, 5.74) is 3.90. The van der Waals surface area contributed by atoms with Gasteiger partial charge in [-0.3, -0.25) is 9.59 Å². The highest BCUT2D eigenvalue weighted by Gasteiger charge is 2.45. The Kier molecular flexibility index (Phi) is 20.6. The molecule has 2 aliphatic rings. The van der Waals surface area contributed by atoms with Crippen LogP contribution < -0.4 is 5.32 Å².